The molecule has 208 valence electrons. The van der Waals surface area contributed by atoms with Crippen molar-refractivity contribution in [1.29, 1.82) is 0 Å². The minimum atomic E-state index is -1.48. The number of rotatable bonds is 10. The van der Waals surface area contributed by atoms with Crippen molar-refractivity contribution in [3.8, 4) is 11.5 Å². The van der Waals surface area contributed by atoms with E-state index in [9.17, 15) is 24.0 Å². The summed E-state index contributed by atoms with van der Waals surface area (Å²) < 4.78 is 37.1. The minimum Gasteiger partial charge on any atom is -0.493 e. The Morgan fingerprint density at radius 1 is 0.842 bits per heavy atom. The second-order valence-electron chi connectivity index (χ2n) is 8.09. The SMILES string of the molecule is COc1ccc(/C=C/C(=O)N[C@H]2[C@H](OC(C)=O)O[C@H](COC(C)=O)[C@H](OC(C)=O)[C@@H]2OC(C)=O)cc1OC. The summed E-state index contributed by atoms with van der Waals surface area (Å²) in [6.07, 6.45) is -2.69. The molecule has 1 heterocycles. The van der Waals surface area contributed by atoms with E-state index in [4.69, 9.17) is 33.2 Å². The number of carbonyl (C=O) groups is 5. The van der Waals surface area contributed by atoms with E-state index in [-0.39, 0.29) is 0 Å². The quantitative estimate of drug-likeness (QED) is 0.255. The number of hydrogen-bond donors (Lipinski definition) is 1. The van der Waals surface area contributed by atoms with Gasteiger partial charge in [0.15, 0.2) is 23.7 Å². The second-order valence-corrected chi connectivity index (χ2v) is 8.09. The van der Waals surface area contributed by atoms with Crippen molar-refractivity contribution < 1.29 is 57.1 Å². The Bertz CT molecular complexity index is 1070. The molecule has 38 heavy (non-hydrogen) atoms. The Hall–Kier alpha value is -4.13. The van der Waals surface area contributed by atoms with Crippen LogP contribution in [-0.2, 0) is 47.7 Å². The molecule has 13 heteroatoms. The molecule has 1 saturated heterocycles. The van der Waals surface area contributed by atoms with Crippen LogP contribution in [0, 0.1) is 0 Å². The largest absolute Gasteiger partial charge is 0.493 e. The molecule has 5 atom stereocenters. The van der Waals surface area contributed by atoms with E-state index < -0.39 is 67.0 Å². The number of methoxy groups -OCH3 is 2. The van der Waals surface area contributed by atoms with E-state index in [1.807, 2.05) is 0 Å². The molecule has 13 nitrogen and oxygen atoms in total. The molecule has 1 N–H and O–H groups in total. The summed E-state index contributed by atoms with van der Waals surface area (Å²) in [6, 6.07) is 3.69. The average Bonchev–Trinajstić information content (AvgIpc) is 2.84. The Kier molecular flexibility index (Phi) is 11.1. The van der Waals surface area contributed by atoms with Crippen molar-refractivity contribution >= 4 is 35.9 Å². The molecular weight excluding hydrogens is 506 g/mol. The normalized spacial score (nSPS) is 22.6. The lowest BCUT2D eigenvalue weighted by Crippen LogP contribution is -2.66. The number of carbonyl (C=O) groups excluding carboxylic acids is 5. The minimum absolute atomic E-state index is 0.414. The van der Waals surface area contributed by atoms with Crippen LogP contribution in [0.5, 0.6) is 11.5 Å². The van der Waals surface area contributed by atoms with Gasteiger partial charge in [-0.2, -0.15) is 0 Å². The maximum absolute atomic E-state index is 12.9. The van der Waals surface area contributed by atoms with E-state index in [0.717, 1.165) is 27.7 Å². The Morgan fingerprint density at radius 2 is 1.45 bits per heavy atom. The number of esters is 4. The zero-order valence-corrected chi connectivity index (χ0v) is 21.9. The van der Waals surface area contributed by atoms with Crippen LogP contribution >= 0.6 is 0 Å². The van der Waals surface area contributed by atoms with E-state index in [1.165, 1.54) is 26.4 Å². The van der Waals surface area contributed by atoms with Crippen molar-refractivity contribution in [3.63, 3.8) is 0 Å². The average molecular weight is 538 g/mol. The third kappa shape index (κ3) is 8.76. The van der Waals surface area contributed by atoms with Gasteiger partial charge in [0.25, 0.3) is 0 Å². The molecule has 0 saturated carbocycles. The van der Waals surface area contributed by atoms with Crippen LogP contribution in [0.25, 0.3) is 6.08 Å². The number of benzene rings is 1. The van der Waals surface area contributed by atoms with Gasteiger partial charge >= 0.3 is 23.9 Å². The topological polar surface area (TPSA) is 162 Å². The summed E-state index contributed by atoms with van der Waals surface area (Å²) in [6.45, 7) is 4.08. The third-order valence-corrected chi connectivity index (χ3v) is 5.13. The van der Waals surface area contributed by atoms with Gasteiger partial charge in [-0.05, 0) is 23.8 Å². The van der Waals surface area contributed by atoms with E-state index in [2.05, 4.69) is 5.32 Å². The summed E-state index contributed by atoms with van der Waals surface area (Å²) in [5.74, 6) is -2.68. The summed E-state index contributed by atoms with van der Waals surface area (Å²) in [7, 11) is 2.96. The number of nitrogens with one attached hydrogen (secondary N) is 1. The van der Waals surface area contributed by atoms with Crippen LogP contribution in [-0.4, -0.2) is 81.3 Å². The Morgan fingerprint density at radius 3 is 2.00 bits per heavy atom. The van der Waals surface area contributed by atoms with E-state index in [0.29, 0.717) is 17.1 Å². The first-order chi connectivity index (χ1) is 17.9. The van der Waals surface area contributed by atoms with Gasteiger partial charge in [0.1, 0.15) is 18.8 Å². The summed E-state index contributed by atoms with van der Waals surface area (Å²) in [5, 5.41) is 2.58. The Balaban J connectivity index is 2.38. The van der Waals surface area contributed by atoms with Gasteiger partial charge in [-0.15, -0.1) is 0 Å². The van der Waals surface area contributed by atoms with Crippen LogP contribution in [0.4, 0.5) is 0 Å². The van der Waals surface area contributed by atoms with Gasteiger partial charge in [-0.25, -0.2) is 0 Å². The predicted octanol–water partition coefficient (Wildman–Crippen LogP) is 0.916. The zero-order valence-electron chi connectivity index (χ0n) is 21.9. The van der Waals surface area contributed by atoms with Crippen molar-refractivity contribution in [1.82, 2.24) is 5.32 Å². The van der Waals surface area contributed by atoms with Crippen LogP contribution in [0.15, 0.2) is 24.3 Å². The van der Waals surface area contributed by atoms with Crippen molar-refractivity contribution in [2.75, 3.05) is 20.8 Å². The molecular formula is C25H31NO12. The zero-order chi connectivity index (χ0) is 28.4. The number of hydrogen-bond acceptors (Lipinski definition) is 12. The number of ether oxygens (including phenoxy) is 7. The summed E-state index contributed by atoms with van der Waals surface area (Å²) in [5.41, 5.74) is 0.602. The highest BCUT2D eigenvalue weighted by Crippen LogP contribution is 2.29. The summed E-state index contributed by atoms with van der Waals surface area (Å²) in [4.78, 5) is 59.9. The van der Waals surface area contributed by atoms with Crippen LogP contribution in [0.3, 0.4) is 0 Å². The lowest BCUT2D eigenvalue weighted by molar-refractivity contribution is -0.270. The second kappa shape index (κ2) is 14.0. The summed E-state index contributed by atoms with van der Waals surface area (Å²) >= 11 is 0. The highest BCUT2D eigenvalue weighted by atomic mass is 16.7. The predicted molar refractivity (Wildman–Crippen MR) is 129 cm³/mol. The monoisotopic (exact) mass is 537 g/mol. The lowest BCUT2D eigenvalue weighted by Gasteiger charge is -2.44. The van der Waals surface area contributed by atoms with E-state index >= 15 is 0 Å². The first-order valence-electron chi connectivity index (χ1n) is 11.5. The standard InChI is InChI=1S/C25H31NO12/c1-13(27)34-12-20-23(35-14(2)28)24(36-15(3)29)22(25(38-20)37-16(4)30)26-21(31)10-8-17-7-9-18(32-5)19(11-17)33-6/h7-11,20,22-25H,12H2,1-6H3,(H,26,31)/b10-8+/t20-,22-,23+,24-,25-/m1/s1. The molecule has 2 rings (SSSR count). The first-order valence-corrected chi connectivity index (χ1v) is 11.5. The molecule has 1 fully saturated rings. The fourth-order valence-corrected chi connectivity index (χ4v) is 3.66. The fourth-order valence-electron chi connectivity index (χ4n) is 3.66. The maximum Gasteiger partial charge on any atom is 0.305 e. The highest BCUT2D eigenvalue weighted by molar-refractivity contribution is 5.92. The molecule has 1 amide bonds. The third-order valence-electron chi connectivity index (χ3n) is 5.13. The molecule has 1 aromatic carbocycles. The van der Waals surface area contributed by atoms with Crippen LogP contribution in [0.2, 0.25) is 0 Å². The van der Waals surface area contributed by atoms with E-state index in [1.54, 1.807) is 18.2 Å². The first kappa shape index (κ1) is 30.1. The molecule has 1 aliphatic rings. The van der Waals surface area contributed by atoms with Gasteiger partial charge < -0.3 is 38.5 Å². The molecule has 1 aromatic rings. The van der Waals surface area contributed by atoms with Crippen molar-refractivity contribution in [3.05, 3.63) is 29.8 Å². The molecule has 0 radical (unpaired) electrons. The number of amides is 1. The molecule has 0 bridgehead atoms. The molecule has 0 aliphatic carbocycles. The van der Waals surface area contributed by atoms with Gasteiger partial charge in [-0.1, -0.05) is 6.07 Å². The van der Waals surface area contributed by atoms with Crippen molar-refractivity contribution in [2.45, 2.75) is 58.3 Å². The smallest absolute Gasteiger partial charge is 0.305 e. The van der Waals surface area contributed by atoms with Gasteiger partial charge in [-0.3, -0.25) is 24.0 Å². The van der Waals surface area contributed by atoms with Crippen LogP contribution < -0.4 is 14.8 Å². The van der Waals surface area contributed by atoms with Gasteiger partial charge in [0, 0.05) is 33.8 Å². The van der Waals surface area contributed by atoms with Gasteiger partial charge in [0.05, 0.1) is 14.2 Å². The molecule has 1 aliphatic heterocycles. The maximum atomic E-state index is 12.9. The Labute approximate surface area is 219 Å². The molecule has 0 spiro atoms. The molecule has 0 unspecified atom stereocenters. The van der Waals surface area contributed by atoms with Gasteiger partial charge in [0.2, 0.25) is 12.2 Å². The van der Waals surface area contributed by atoms with Crippen LogP contribution in [0.1, 0.15) is 33.3 Å². The highest BCUT2D eigenvalue weighted by Gasteiger charge is 2.52. The fraction of sp³-hybridized carbons (Fsp3) is 0.480. The molecule has 0 aromatic heterocycles. The lowest BCUT2D eigenvalue weighted by atomic mass is 9.96. The van der Waals surface area contributed by atoms with Crippen molar-refractivity contribution in [2.24, 2.45) is 0 Å².